The average Bonchev–Trinajstić information content (AvgIpc) is 2.83. The first-order valence-electron chi connectivity index (χ1n) is 7.31. The number of hydrogen-bond donors (Lipinski definition) is 1. The third-order valence-electron chi connectivity index (χ3n) is 3.52. The van der Waals surface area contributed by atoms with Crippen LogP contribution in [0.4, 0.5) is 0 Å². The van der Waals surface area contributed by atoms with Crippen LogP contribution in [0.15, 0.2) is 43.0 Å². The Morgan fingerprint density at radius 3 is 2.61 bits per heavy atom. The zero-order valence-corrected chi connectivity index (χ0v) is 14.4. The van der Waals surface area contributed by atoms with Gasteiger partial charge >= 0.3 is 7.60 Å². The lowest BCUT2D eigenvalue weighted by atomic mass is 10.2. The smallest absolute Gasteiger partial charge is 0.358 e. The summed E-state index contributed by atoms with van der Waals surface area (Å²) in [5.41, 5.74) is 0.877. The van der Waals surface area contributed by atoms with Gasteiger partial charge in [0.25, 0.3) is 0 Å². The molecule has 1 N–H and O–H groups in total. The van der Waals surface area contributed by atoms with Gasteiger partial charge in [-0.3, -0.25) is 4.57 Å². The Bertz CT molecular complexity index is 573. The van der Waals surface area contributed by atoms with Gasteiger partial charge in [0.1, 0.15) is 12.2 Å². The van der Waals surface area contributed by atoms with Gasteiger partial charge in [-0.15, -0.1) is 6.58 Å². The standard InChI is InChI=1S/C16H23O6P/c1-5-13-14(22-16(2,3)21-13)15(23(17,18)19-4)20-11-12-9-7-6-8-10-12/h5-10,13-15H,1,11H2,2-4H3,(H,17,18)/t13-,14+,15?/m0/s1. The summed E-state index contributed by atoms with van der Waals surface area (Å²) in [4.78, 5) is 10.1. The Kier molecular flexibility index (Phi) is 5.79. The molecule has 2 unspecified atom stereocenters. The minimum absolute atomic E-state index is 0.156. The lowest BCUT2D eigenvalue weighted by molar-refractivity contribution is -0.153. The number of benzene rings is 1. The fraction of sp³-hybridized carbons (Fsp3) is 0.500. The largest absolute Gasteiger partial charge is 0.359 e. The second-order valence-electron chi connectivity index (χ2n) is 5.73. The predicted molar refractivity (Wildman–Crippen MR) is 85.9 cm³/mol. The molecule has 7 heteroatoms. The van der Waals surface area contributed by atoms with E-state index in [1.54, 1.807) is 13.8 Å². The lowest BCUT2D eigenvalue weighted by Crippen LogP contribution is -2.36. The molecule has 0 amide bonds. The van der Waals surface area contributed by atoms with Crippen LogP contribution in [0.5, 0.6) is 0 Å². The molecule has 1 heterocycles. The van der Waals surface area contributed by atoms with Gasteiger partial charge in [0.05, 0.1) is 6.61 Å². The van der Waals surface area contributed by atoms with Crippen molar-refractivity contribution in [2.75, 3.05) is 7.11 Å². The monoisotopic (exact) mass is 342 g/mol. The first-order valence-corrected chi connectivity index (χ1v) is 8.95. The van der Waals surface area contributed by atoms with E-state index in [9.17, 15) is 9.46 Å². The second kappa shape index (κ2) is 7.26. The number of ether oxygens (including phenoxy) is 3. The molecule has 6 nitrogen and oxygen atoms in total. The fourth-order valence-electron chi connectivity index (χ4n) is 2.45. The van der Waals surface area contributed by atoms with E-state index in [1.807, 2.05) is 30.3 Å². The maximum absolute atomic E-state index is 12.4. The molecule has 128 valence electrons. The molecule has 2 rings (SSSR count). The van der Waals surface area contributed by atoms with Gasteiger partial charge in [-0.25, -0.2) is 0 Å². The molecule has 1 aliphatic heterocycles. The van der Waals surface area contributed by atoms with E-state index < -0.39 is 31.4 Å². The first-order chi connectivity index (χ1) is 10.8. The summed E-state index contributed by atoms with van der Waals surface area (Å²) in [6, 6.07) is 9.36. The normalized spacial score (nSPS) is 27.3. The summed E-state index contributed by atoms with van der Waals surface area (Å²) in [5, 5.41) is 0. The quantitative estimate of drug-likeness (QED) is 0.606. The highest BCUT2D eigenvalue weighted by molar-refractivity contribution is 7.53. The zero-order valence-electron chi connectivity index (χ0n) is 13.5. The Labute approximate surface area is 136 Å². The van der Waals surface area contributed by atoms with Crippen molar-refractivity contribution in [3.63, 3.8) is 0 Å². The van der Waals surface area contributed by atoms with Crippen LogP contribution in [-0.2, 0) is 29.9 Å². The zero-order chi connectivity index (χ0) is 17.1. The molecule has 1 aromatic rings. The minimum Gasteiger partial charge on any atom is -0.358 e. The Morgan fingerprint density at radius 2 is 2.04 bits per heavy atom. The SMILES string of the molecule is C=C[C@@H]1OC(C)(C)O[C@H]1C(OCc1ccccc1)P(=O)(O)OC. The molecular formula is C16H23O6P. The highest BCUT2D eigenvalue weighted by atomic mass is 31.2. The van der Waals surface area contributed by atoms with Crippen LogP contribution in [0, 0.1) is 0 Å². The Morgan fingerprint density at radius 1 is 1.39 bits per heavy atom. The van der Waals surface area contributed by atoms with Crippen LogP contribution in [-0.4, -0.2) is 35.8 Å². The van der Waals surface area contributed by atoms with Gasteiger partial charge in [0, 0.05) is 7.11 Å². The molecule has 0 aliphatic carbocycles. The van der Waals surface area contributed by atoms with Gasteiger partial charge in [-0.1, -0.05) is 36.4 Å². The molecule has 0 saturated carbocycles. The molecule has 0 radical (unpaired) electrons. The molecule has 1 saturated heterocycles. The van der Waals surface area contributed by atoms with E-state index in [1.165, 1.54) is 13.2 Å². The van der Waals surface area contributed by atoms with Crippen LogP contribution in [0.1, 0.15) is 19.4 Å². The topological polar surface area (TPSA) is 74.2 Å². The van der Waals surface area contributed by atoms with E-state index in [0.29, 0.717) is 0 Å². The van der Waals surface area contributed by atoms with E-state index >= 15 is 0 Å². The molecule has 23 heavy (non-hydrogen) atoms. The molecular weight excluding hydrogens is 319 g/mol. The molecule has 0 spiro atoms. The van der Waals surface area contributed by atoms with Gasteiger partial charge in [0.15, 0.2) is 11.6 Å². The van der Waals surface area contributed by atoms with Crippen molar-refractivity contribution >= 4 is 7.60 Å². The van der Waals surface area contributed by atoms with E-state index in [4.69, 9.17) is 18.7 Å². The third-order valence-corrected chi connectivity index (χ3v) is 5.13. The van der Waals surface area contributed by atoms with E-state index in [0.717, 1.165) is 5.56 Å². The van der Waals surface area contributed by atoms with Crippen molar-refractivity contribution < 1.29 is 28.2 Å². The Hall–Kier alpha value is -1.01. The van der Waals surface area contributed by atoms with Crippen LogP contribution in [0.2, 0.25) is 0 Å². The van der Waals surface area contributed by atoms with Crippen molar-refractivity contribution in [3.05, 3.63) is 48.6 Å². The van der Waals surface area contributed by atoms with Crippen molar-refractivity contribution in [3.8, 4) is 0 Å². The molecule has 0 aromatic heterocycles. The first kappa shape index (κ1) is 18.3. The highest BCUT2D eigenvalue weighted by Gasteiger charge is 2.51. The van der Waals surface area contributed by atoms with Gasteiger partial charge in [-0.2, -0.15) is 0 Å². The van der Waals surface area contributed by atoms with Gasteiger partial charge in [-0.05, 0) is 19.4 Å². The number of hydrogen-bond acceptors (Lipinski definition) is 5. The molecule has 1 aliphatic rings. The summed E-state index contributed by atoms with van der Waals surface area (Å²) in [6.45, 7) is 7.31. The molecule has 1 aromatic carbocycles. The fourth-order valence-corrected chi connectivity index (χ4v) is 3.53. The van der Waals surface area contributed by atoms with Crippen LogP contribution in [0.25, 0.3) is 0 Å². The van der Waals surface area contributed by atoms with E-state index in [-0.39, 0.29) is 6.61 Å². The third kappa shape index (κ3) is 4.51. The van der Waals surface area contributed by atoms with Crippen LogP contribution >= 0.6 is 7.60 Å². The summed E-state index contributed by atoms with van der Waals surface area (Å²) in [7, 11) is -2.88. The summed E-state index contributed by atoms with van der Waals surface area (Å²) in [6.07, 6.45) is 0.178. The average molecular weight is 342 g/mol. The number of rotatable bonds is 7. The molecule has 4 atom stereocenters. The summed E-state index contributed by atoms with van der Waals surface area (Å²) in [5.74, 6) is -2.08. The predicted octanol–water partition coefficient (Wildman–Crippen LogP) is 3.07. The summed E-state index contributed by atoms with van der Waals surface area (Å²) >= 11 is 0. The molecule has 1 fully saturated rings. The lowest BCUT2D eigenvalue weighted by Gasteiger charge is -2.28. The van der Waals surface area contributed by atoms with Crippen molar-refractivity contribution in [2.24, 2.45) is 0 Å². The van der Waals surface area contributed by atoms with Crippen molar-refractivity contribution in [1.29, 1.82) is 0 Å². The van der Waals surface area contributed by atoms with E-state index in [2.05, 4.69) is 6.58 Å². The second-order valence-corrected chi connectivity index (χ2v) is 7.74. The van der Waals surface area contributed by atoms with Gasteiger partial charge in [0.2, 0.25) is 0 Å². The highest BCUT2D eigenvalue weighted by Crippen LogP contribution is 2.52. The molecule has 0 bridgehead atoms. The maximum Gasteiger partial charge on any atom is 0.359 e. The maximum atomic E-state index is 12.4. The van der Waals surface area contributed by atoms with Crippen molar-refractivity contribution in [1.82, 2.24) is 0 Å². The van der Waals surface area contributed by atoms with Crippen molar-refractivity contribution in [2.45, 2.75) is 44.3 Å². The van der Waals surface area contributed by atoms with Crippen LogP contribution in [0.3, 0.4) is 0 Å². The Balaban J connectivity index is 2.21. The summed E-state index contributed by atoms with van der Waals surface area (Å²) < 4.78 is 34.3. The van der Waals surface area contributed by atoms with Crippen LogP contribution < -0.4 is 0 Å². The minimum atomic E-state index is -4.05. The van der Waals surface area contributed by atoms with Gasteiger partial charge < -0.3 is 23.6 Å².